The Kier molecular flexibility index (Phi) is 4.92. The van der Waals surface area contributed by atoms with Crippen molar-refractivity contribution in [3.63, 3.8) is 0 Å². The maximum atomic E-state index is 4.48. The molecule has 0 saturated heterocycles. The van der Waals surface area contributed by atoms with Crippen LogP contribution in [0.5, 0.6) is 0 Å². The molecule has 1 N–H and O–H groups in total. The van der Waals surface area contributed by atoms with Crippen LogP contribution in [0.4, 0.5) is 0 Å². The van der Waals surface area contributed by atoms with Crippen molar-refractivity contribution in [1.29, 1.82) is 0 Å². The average Bonchev–Trinajstić information content (AvgIpc) is 2.46. The quantitative estimate of drug-likeness (QED) is 0.841. The number of thiazole rings is 1. The summed E-state index contributed by atoms with van der Waals surface area (Å²) in [6, 6.07) is 0. The molecule has 1 aromatic rings. The Balaban J connectivity index is 2.31. The van der Waals surface area contributed by atoms with Crippen molar-refractivity contribution < 1.29 is 0 Å². The van der Waals surface area contributed by atoms with Crippen LogP contribution in [0, 0.1) is 13.8 Å². The molecule has 0 aromatic carbocycles. The molecule has 1 unspecified atom stereocenters. The standard InChI is InChI=1S/C10H18N2S2/c1-7(13-4)5-11-6-10-12-8(2)9(3)14-10/h7,11H,5-6H2,1-4H3. The average molecular weight is 230 g/mol. The summed E-state index contributed by atoms with van der Waals surface area (Å²) in [5.74, 6) is 0. The molecule has 14 heavy (non-hydrogen) atoms. The van der Waals surface area contributed by atoms with E-state index in [4.69, 9.17) is 0 Å². The van der Waals surface area contributed by atoms with Crippen LogP contribution in [-0.2, 0) is 6.54 Å². The van der Waals surface area contributed by atoms with Crippen LogP contribution in [0.25, 0.3) is 0 Å². The van der Waals surface area contributed by atoms with Gasteiger partial charge in [-0.25, -0.2) is 4.98 Å². The lowest BCUT2D eigenvalue weighted by Crippen LogP contribution is -2.21. The van der Waals surface area contributed by atoms with Crippen LogP contribution >= 0.6 is 23.1 Å². The molecule has 1 aromatic heterocycles. The highest BCUT2D eigenvalue weighted by Gasteiger charge is 2.03. The van der Waals surface area contributed by atoms with E-state index in [0.717, 1.165) is 13.1 Å². The molecule has 0 spiro atoms. The third kappa shape index (κ3) is 3.59. The molecule has 1 rings (SSSR count). The second-order valence-corrected chi connectivity index (χ2v) is 5.99. The minimum atomic E-state index is 0.678. The number of nitrogens with zero attached hydrogens (tertiary/aromatic N) is 1. The Bertz CT molecular complexity index is 264. The molecule has 0 amide bonds. The van der Waals surface area contributed by atoms with Gasteiger partial charge in [-0.2, -0.15) is 11.8 Å². The maximum absolute atomic E-state index is 4.48. The number of aromatic nitrogens is 1. The van der Waals surface area contributed by atoms with Crippen LogP contribution in [0.1, 0.15) is 22.5 Å². The zero-order chi connectivity index (χ0) is 10.6. The Hall–Kier alpha value is -0.0600. The third-order valence-electron chi connectivity index (χ3n) is 2.18. The minimum Gasteiger partial charge on any atom is -0.309 e. The summed E-state index contributed by atoms with van der Waals surface area (Å²) < 4.78 is 0. The number of hydrogen-bond donors (Lipinski definition) is 1. The van der Waals surface area contributed by atoms with E-state index in [1.54, 1.807) is 11.3 Å². The van der Waals surface area contributed by atoms with Crippen molar-refractivity contribution in [2.45, 2.75) is 32.6 Å². The fraction of sp³-hybridized carbons (Fsp3) is 0.700. The lowest BCUT2D eigenvalue weighted by Gasteiger charge is -2.07. The Morgan fingerprint density at radius 3 is 2.71 bits per heavy atom. The zero-order valence-electron chi connectivity index (χ0n) is 9.26. The molecule has 1 heterocycles. The predicted molar refractivity (Wildman–Crippen MR) is 66.3 cm³/mol. The summed E-state index contributed by atoms with van der Waals surface area (Å²) in [5, 5.41) is 5.30. The highest BCUT2D eigenvalue weighted by molar-refractivity contribution is 7.99. The smallest absolute Gasteiger partial charge is 0.107 e. The summed E-state index contributed by atoms with van der Waals surface area (Å²) in [7, 11) is 0. The van der Waals surface area contributed by atoms with E-state index in [-0.39, 0.29) is 0 Å². The first kappa shape index (κ1) is 12.0. The number of aryl methyl sites for hydroxylation is 2. The molecule has 0 aliphatic heterocycles. The molecule has 0 aliphatic rings. The molecule has 0 fully saturated rings. The van der Waals surface area contributed by atoms with Gasteiger partial charge in [0.2, 0.25) is 0 Å². The molecule has 0 radical (unpaired) electrons. The molecule has 4 heteroatoms. The number of rotatable bonds is 5. The first-order chi connectivity index (χ1) is 6.63. The van der Waals surface area contributed by atoms with Crippen LogP contribution < -0.4 is 5.32 Å². The van der Waals surface area contributed by atoms with Crippen molar-refractivity contribution in [3.05, 3.63) is 15.6 Å². The van der Waals surface area contributed by atoms with Crippen LogP contribution in [0.15, 0.2) is 0 Å². The van der Waals surface area contributed by atoms with E-state index in [2.05, 4.69) is 37.3 Å². The van der Waals surface area contributed by atoms with E-state index in [1.165, 1.54) is 15.6 Å². The monoisotopic (exact) mass is 230 g/mol. The van der Waals surface area contributed by atoms with Crippen molar-refractivity contribution in [1.82, 2.24) is 10.3 Å². The van der Waals surface area contributed by atoms with E-state index >= 15 is 0 Å². The van der Waals surface area contributed by atoms with Gasteiger partial charge in [0, 0.05) is 23.2 Å². The van der Waals surface area contributed by atoms with Gasteiger partial charge in [-0.05, 0) is 20.1 Å². The van der Waals surface area contributed by atoms with Crippen LogP contribution in [0.3, 0.4) is 0 Å². The van der Waals surface area contributed by atoms with Crippen molar-refractivity contribution in [2.75, 3.05) is 12.8 Å². The van der Waals surface area contributed by atoms with Gasteiger partial charge in [-0.1, -0.05) is 6.92 Å². The van der Waals surface area contributed by atoms with E-state index in [1.807, 2.05) is 11.8 Å². The molecule has 2 nitrogen and oxygen atoms in total. The SMILES string of the molecule is CSC(C)CNCc1nc(C)c(C)s1. The van der Waals surface area contributed by atoms with Crippen LogP contribution in [-0.4, -0.2) is 23.0 Å². The summed E-state index contributed by atoms with van der Waals surface area (Å²) in [4.78, 5) is 5.82. The molecular formula is C10H18N2S2. The first-order valence-corrected chi connectivity index (χ1v) is 6.90. The van der Waals surface area contributed by atoms with Gasteiger partial charge in [-0.3, -0.25) is 0 Å². The Labute approximate surface area is 94.5 Å². The molecular weight excluding hydrogens is 212 g/mol. The van der Waals surface area contributed by atoms with Gasteiger partial charge in [0.25, 0.3) is 0 Å². The molecule has 0 aliphatic carbocycles. The van der Waals surface area contributed by atoms with Crippen molar-refractivity contribution in [2.24, 2.45) is 0 Å². The minimum absolute atomic E-state index is 0.678. The summed E-state index contributed by atoms with van der Waals surface area (Å²) in [6.07, 6.45) is 2.14. The largest absolute Gasteiger partial charge is 0.309 e. The second kappa shape index (κ2) is 5.73. The molecule has 80 valence electrons. The van der Waals surface area contributed by atoms with Gasteiger partial charge in [0.15, 0.2) is 0 Å². The van der Waals surface area contributed by atoms with E-state index in [9.17, 15) is 0 Å². The van der Waals surface area contributed by atoms with Crippen molar-refractivity contribution in [3.8, 4) is 0 Å². The summed E-state index contributed by atoms with van der Waals surface area (Å²) in [6.45, 7) is 8.39. The summed E-state index contributed by atoms with van der Waals surface area (Å²) in [5.41, 5.74) is 1.17. The molecule has 0 bridgehead atoms. The van der Waals surface area contributed by atoms with Gasteiger partial charge < -0.3 is 5.32 Å². The fourth-order valence-electron chi connectivity index (χ4n) is 1.08. The number of hydrogen-bond acceptors (Lipinski definition) is 4. The van der Waals surface area contributed by atoms with Gasteiger partial charge in [0.1, 0.15) is 5.01 Å². The highest BCUT2D eigenvalue weighted by atomic mass is 32.2. The normalized spacial score (nSPS) is 13.1. The van der Waals surface area contributed by atoms with Gasteiger partial charge in [-0.15, -0.1) is 11.3 Å². The van der Waals surface area contributed by atoms with Crippen LogP contribution in [0.2, 0.25) is 0 Å². The van der Waals surface area contributed by atoms with Gasteiger partial charge >= 0.3 is 0 Å². The zero-order valence-corrected chi connectivity index (χ0v) is 10.9. The second-order valence-electron chi connectivity index (χ2n) is 3.43. The topological polar surface area (TPSA) is 24.9 Å². The molecule has 1 atom stereocenters. The third-order valence-corrected chi connectivity index (χ3v) is 4.23. The maximum Gasteiger partial charge on any atom is 0.107 e. The molecule has 0 saturated carbocycles. The summed E-state index contributed by atoms with van der Waals surface area (Å²) >= 11 is 3.68. The Morgan fingerprint density at radius 2 is 2.21 bits per heavy atom. The van der Waals surface area contributed by atoms with Crippen molar-refractivity contribution >= 4 is 23.1 Å². The number of thioether (sulfide) groups is 1. The fourth-order valence-corrected chi connectivity index (χ4v) is 2.27. The lowest BCUT2D eigenvalue weighted by atomic mass is 10.4. The predicted octanol–water partition coefficient (Wildman–Crippen LogP) is 2.60. The Morgan fingerprint density at radius 1 is 1.50 bits per heavy atom. The van der Waals surface area contributed by atoms with E-state index < -0.39 is 0 Å². The highest BCUT2D eigenvalue weighted by Crippen LogP contribution is 2.16. The first-order valence-electron chi connectivity index (χ1n) is 4.80. The van der Waals surface area contributed by atoms with Gasteiger partial charge in [0.05, 0.1) is 5.69 Å². The lowest BCUT2D eigenvalue weighted by molar-refractivity contribution is 0.681. The number of nitrogens with one attached hydrogen (secondary N) is 1. The van der Waals surface area contributed by atoms with E-state index in [0.29, 0.717) is 5.25 Å².